The zero-order chi connectivity index (χ0) is 20.0. The fraction of sp³-hybridized carbons (Fsp3) is 0.500. The van der Waals surface area contributed by atoms with E-state index in [1.165, 1.54) is 5.56 Å². The summed E-state index contributed by atoms with van der Waals surface area (Å²) in [5.41, 5.74) is 2.28. The first-order valence-electron chi connectivity index (χ1n) is 9.49. The monoisotopic (exact) mass is 372 g/mol. The van der Waals surface area contributed by atoms with Crippen LogP contribution in [0.2, 0.25) is 0 Å². The van der Waals surface area contributed by atoms with E-state index in [4.69, 9.17) is 9.15 Å². The molecule has 0 saturated carbocycles. The molecule has 0 spiro atoms. The lowest BCUT2D eigenvalue weighted by Gasteiger charge is -2.23. The molecule has 5 nitrogen and oxygen atoms in total. The van der Waals surface area contributed by atoms with Crippen molar-refractivity contribution < 1.29 is 13.9 Å². The van der Waals surface area contributed by atoms with Crippen LogP contribution in [0.25, 0.3) is 0 Å². The van der Waals surface area contributed by atoms with Gasteiger partial charge in [-0.1, -0.05) is 31.5 Å². The molecule has 1 N–H and O–H groups in total. The molecule has 0 saturated heterocycles. The van der Waals surface area contributed by atoms with E-state index in [0.717, 1.165) is 24.3 Å². The number of benzene rings is 1. The van der Waals surface area contributed by atoms with Gasteiger partial charge in [-0.2, -0.15) is 0 Å². The molecular weight excluding hydrogens is 340 g/mol. The molecule has 1 unspecified atom stereocenters. The Morgan fingerprint density at radius 2 is 1.93 bits per heavy atom. The highest BCUT2D eigenvalue weighted by Gasteiger charge is 2.18. The number of aryl methyl sites for hydroxylation is 2. The Kier molecular flexibility index (Phi) is 7.48. The molecule has 0 aliphatic rings. The van der Waals surface area contributed by atoms with Crippen molar-refractivity contribution in [3.8, 4) is 5.75 Å². The van der Waals surface area contributed by atoms with Gasteiger partial charge in [0.15, 0.2) is 5.76 Å². The number of rotatable bonds is 9. The molecular formula is C22H32N2O3. The molecule has 27 heavy (non-hydrogen) atoms. The van der Waals surface area contributed by atoms with Gasteiger partial charge in [0.05, 0.1) is 0 Å². The first-order valence-corrected chi connectivity index (χ1v) is 9.49. The number of hydrogen-bond donors (Lipinski definition) is 1. The second-order valence-electron chi connectivity index (χ2n) is 7.89. The number of hydrogen-bond acceptors (Lipinski definition) is 4. The third kappa shape index (κ3) is 6.75. The number of ether oxygens (including phenoxy) is 1. The Balaban J connectivity index is 1.95. The van der Waals surface area contributed by atoms with E-state index < -0.39 is 0 Å². The van der Waals surface area contributed by atoms with Crippen LogP contribution in [0.4, 0.5) is 0 Å². The average molecular weight is 373 g/mol. The summed E-state index contributed by atoms with van der Waals surface area (Å²) in [5, 5.41) is 3.08. The second kappa shape index (κ2) is 9.60. The highest BCUT2D eigenvalue weighted by Crippen LogP contribution is 2.20. The van der Waals surface area contributed by atoms with Crippen LogP contribution in [-0.2, 0) is 6.61 Å². The van der Waals surface area contributed by atoms with Crippen LogP contribution in [0.5, 0.6) is 5.75 Å². The highest BCUT2D eigenvalue weighted by molar-refractivity contribution is 5.91. The SMILES string of the molecule is Cc1ccc(OCc2ccc(C(=O)NC(CC(C)C)CN(C)C)o2)c(C)c1. The number of amides is 1. The second-order valence-corrected chi connectivity index (χ2v) is 7.89. The molecule has 0 aliphatic carbocycles. The number of furan rings is 1. The third-order valence-electron chi connectivity index (χ3n) is 4.26. The fourth-order valence-electron chi connectivity index (χ4n) is 3.13. The van der Waals surface area contributed by atoms with Crippen molar-refractivity contribution in [3.05, 3.63) is 53.0 Å². The zero-order valence-electron chi connectivity index (χ0n) is 17.3. The van der Waals surface area contributed by atoms with Gasteiger partial charge in [-0.05, 0) is 64.0 Å². The van der Waals surface area contributed by atoms with Gasteiger partial charge in [0.2, 0.25) is 0 Å². The van der Waals surface area contributed by atoms with Crippen LogP contribution >= 0.6 is 0 Å². The van der Waals surface area contributed by atoms with E-state index in [-0.39, 0.29) is 11.9 Å². The summed E-state index contributed by atoms with van der Waals surface area (Å²) in [6, 6.07) is 9.64. The van der Waals surface area contributed by atoms with Crippen molar-refractivity contribution in [2.75, 3.05) is 20.6 Å². The number of carbonyl (C=O) groups excluding carboxylic acids is 1. The van der Waals surface area contributed by atoms with Crippen molar-refractivity contribution in [2.45, 2.75) is 46.8 Å². The summed E-state index contributed by atoms with van der Waals surface area (Å²) in [5.74, 6) is 2.11. The van der Waals surface area contributed by atoms with Gasteiger partial charge < -0.3 is 19.4 Å². The van der Waals surface area contributed by atoms with E-state index in [2.05, 4.69) is 37.1 Å². The highest BCUT2D eigenvalue weighted by atomic mass is 16.5. The minimum absolute atomic E-state index is 0.0903. The molecule has 1 aromatic heterocycles. The molecule has 0 fully saturated rings. The molecule has 1 amide bonds. The smallest absolute Gasteiger partial charge is 0.287 e. The van der Waals surface area contributed by atoms with Gasteiger partial charge in [0.25, 0.3) is 5.91 Å². The van der Waals surface area contributed by atoms with Crippen molar-refractivity contribution in [1.82, 2.24) is 10.2 Å². The van der Waals surface area contributed by atoms with Crippen LogP contribution < -0.4 is 10.1 Å². The van der Waals surface area contributed by atoms with Gasteiger partial charge in [-0.25, -0.2) is 0 Å². The average Bonchev–Trinajstić information content (AvgIpc) is 3.01. The summed E-state index contributed by atoms with van der Waals surface area (Å²) in [6.07, 6.45) is 0.924. The number of nitrogens with zero attached hydrogens (tertiary/aromatic N) is 1. The Morgan fingerprint density at radius 1 is 1.19 bits per heavy atom. The van der Waals surface area contributed by atoms with Gasteiger partial charge in [0.1, 0.15) is 18.1 Å². The normalized spacial score (nSPS) is 12.4. The molecule has 2 rings (SSSR count). The topological polar surface area (TPSA) is 54.7 Å². The standard InChI is InChI=1S/C22H32N2O3/c1-15(2)11-18(13-24(5)6)23-22(25)21-10-8-19(27-21)14-26-20-9-7-16(3)12-17(20)4/h7-10,12,15,18H,11,13-14H2,1-6H3,(H,23,25). The molecule has 2 aromatic rings. The zero-order valence-corrected chi connectivity index (χ0v) is 17.3. The van der Waals surface area contributed by atoms with Gasteiger partial charge >= 0.3 is 0 Å². The molecule has 0 radical (unpaired) electrons. The Morgan fingerprint density at radius 3 is 2.56 bits per heavy atom. The minimum atomic E-state index is -0.180. The van der Waals surface area contributed by atoms with Gasteiger partial charge in [-0.3, -0.25) is 4.79 Å². The van der Waals surface area contributed by atoms with Crippen molar-refractivity contribution in [2.24, 2.45) is 5.92 Å². The molecule has 0 aliphatic heterocycles. The van der Waals surface area contributed by atoms with Crippen molar-refractivity contribution in [3.63, 3.8) is 0 Å². The van der Waals surface area contributed by atoms with E-state index >= 15 is 0 Å². The molecule has 5 heteroatoms. The summed E-state index contributed by atoms with van der Waals surface area (Å²) in [7, 11) is 4.02. The number of nitrogens with one attached hydrogen (secondary N) is 1. The maximum absolute atomic E-state index is 12.5. The summed E-state index contributed by atoms with van der Waals surface area (Å²) in [6.45, 7) is 9.48. The number of likely N-dealkylation sites (N-methyl/N-ethyl adjacent to an activating group) is 1. The van der Waals surface area contributed by atoms with E-state index in [1.807, 2.05) is 33.2 Å². The fourth-order valence-corrected chi connectivity index (χ4v) is 3.13. The maximum atomic E-state index is 12.5. The first-order chi connectivity index (χ1) is 12.7. The molecule has 0 bridgehead atoms. The van der Waals surface area contributed by atoms with Crippen molar-refractivity contribution in [1.29, 1.82) is 0 Å². The van der Waals surface area contributed by atoms with E-state index in [9.17, 15) is 4.79 Å². The third-order valence-corrected chi connectivity index (χ3v) is 4.26. The van der Waals surface area contributed by atoms with E-state index in [0.29, 0.717) is 24.0 Å². The van der Waals surface area contributed by atoms with Gasteiger partial charge in [-0.15, -0.1) is 0 Å². The quantitative estimate of drug-likeness (QED) is 0.717. The summed E-state index contributed by atoms with van der Waals surface area (Å²) < 4.78 is 11.5. The van der Waals surface area contributed by atoms with Crippen LogP contribution in [0.1, 0.15) is 47.7 Å². The van der Waals surface area contributed by atoms with Gasteiger partial charge in [0, 0.05) is 12.6 Å². The largest absolute Gasteiger partial charge is 0.485 e. The predicted molar refractivity (Wildman–Crippen MR) is 108 cm³/mol. The minimum Gasteiger partial charge on any atom is -0.485 e. The number of carbonyl (C=O) groups is 1. The molecule has 1 atom stereocenters. The molecule has 1 heterocycles. The Hall–Kier alpha value is -2.27. The predicted octanol–water partition coefficient (Wildman–Crippen LogP) is 4.18. The van der Waals surface area contributed by atoms with Crippen LogP contribution in [0.15, 0.2) is 34.7 Å². The first kappa shape index (κ1) is 21.0. The molecule has 1 aromatic carbocycles. The summed E-state index contributed by atoms with van der Waals surface area (Å²) >= 11 is 0. The van der Waals surface area contributed by atoms with Crippen molar-refractivity contribution >= 4 is 5.91 Å². The Bertz CT molecular complexity index is 740. The lowest BCUT2D eigenvalue weighted by Crippen LogP contribution is -2.42. The summed E-state index contributed by atoms with van der Waals surface area (Å²) in [4.78, 5) is 14.6. The molecule has 148 valence electrons. The lowest BCUT2D eigenvalue weighted by atomic mass is 10.0. The van der Waals surface area contributed by atoms with Crippen LogP contribution in [0, 0.1) is 19.8 Å². The maximum Gasteiger partial charge on any atom is 0.287 e. The van der Waals surface area contributed by atoms with Crippen LogP contribution in [0.3, 0.4) is 0 Å². The van der Waals surface area contributed by atoms with Crippen LogP contribution in [-0.4, -0.2) is 37.5 Å². The van der Waals surface area contributed by atoms with E-state index in [1.54, 1.807) is 12.1 Å². The lowest BCUT2D eigenvalue weighted by molar-refractivity contribution is 0.0892. The Labute approximate surface area is 162 Å².